The second kappa shape index (κ2) is 14.2. The summed E-state index contributed by atoms with van der Waals surface area (Å²) in [6.45, 7) is 2.59. The van der Waals surface area contributed by atoms with Crippen molar-refractivity contribution in [3.05, 3.63) is 0 Å². The molecule has 0 aromatic carbocycles. The number of hydrogen-bond acceptors (Lipinski definition) is 19. The molecular weight excluding hydrogens is 624 g/mol. The average Bonchev–Trinajstić information content (AvgIpc) is 2.97. The van der Waals surface area contributed by atoms with E-state index in [0.717, 1.165) is 0 Å². The van der Waals surface area contributed by atoms with E-state index in [1.807, 2.05) is 0 Å². The molecule has 0 aromatic rings. The summed E-state index contributed by atoms with van der Waals surface area (Å²) in [5.41, 5.74) is 0. The van der Waals surface area contributed by atoms with Crippen molar-refractivity contribution in [2.24, 2.45) is 0 Å². The number of aliphatic hydroxyl groups excluding tert-OH is 10. The fourth-order valence-corrected chi connectivity index (χ4v) is 5.35. The normalized spacial score (nSPS) is 52.7. The first-order chi connectivity index (χ1) is 21.0. The Kier molecular flexibility index (Phi) is 11.4. The van der Waals surface area contributed by atoms with Crippen LogP contribution in [-0.2, 0) is 42.7 Å². The Balaban J connectivity index is 1.55. The molecule has 0 radical (unpaired) electrons. The molecule has 4 rings (SSSR count). The molecule has 4 heterocycles. The molecule has 21 nitrogen and oxygen atoms in total. The summed E-state index contributed by atoms with van der Waals surface area (Å²) in [5.74, 6) is -3.56. The van der Waals surface area contributed by atoms with Gasteiger partial charge in [0.05, 0.1) is 12.2 Å². The molecule has 4 aliphatic heterocycles. The van der Waals surface area contributed by atoms with Gasteiger partial charge in [0, 0.05) is 0 Å². The quantitative estimate of drug-likeness (QED) is 0.115. The predicted molar refractivity (Wildman–Crippen MR) is 132 cm³/mol. The number of carboxylic acid groups (broad SMARTS) is 2. The molecular formula is C24H38O21. The third-order valence-electron chi connectivity index (χ3n) is 8.06. The minimum Gasteiger partial charge on any atom is -0.479 e. The molecule has 0 amide bonds. The van der Waals surface area contributed by atoms with E-state index in [2.05, 4.69) is 0 Å². The smallest absolute Gasteiger partial charge is 0.335 e. The van der Waals surface area contributed by atoms with Gasteiger partial charge in [-0.25, -0.2) is 9.59 Å². The molecule has 0 aromatic heterocycles. The second-order valence-electron chi connectivity index (χ2n) is 11.2. The zero-order valence-electron chi connectivity index (χ0n) is 23.6. The van der Waals surface area contributed by atoms with Gasteiger partial charge in [-0.2, -0.15) is 0 Å². The highest BCUT2D eigenvalue weighted by Crippen LogP contribution is 2.34. The molecule has 0 spiro atoms. The fraction of sp³-hybridized carbons (Fsp3) is 0.917. The molecule has 4 saturated heterocycles. The summed E-state index contributed by atoms with van der Waals surface area (Å²) in [7, 11) is 0. The van der Waals surface area contributed by atoms with Gasteiger partial charge in [0.1, 0.15) is 73.2 Å². The van der Waals surface area contributed by atoms with Crippen LogP contribution in [-0.4, -0.2) is 196 Å². The van der Waals surface area contributed by atoms with Gasteiger partial charge in [0.2, 0.25) is 0 Å². The summed E-state index contributed by atoms with van der Waals surface area (Å²) >= 11 is 0. The number of aliphatic hydroxyl groups is 10. The number of ether oxygens (including phenoxy) is 7. The standard InChI is InChI=1S/C24H38O21/c1-3-5(25)8(28)16(21(38)39-3)43-23-13(33)11(31)14(18(45-23)20(36)37)41-24-17(9(29)6(26)4(2)40-24)44-22-12(32)7(27)10(30)15(42-22)19(34)35/h3-18,21-33,38H,1-2H3,(H,34,35)(H,36,37)/t3-,4-,5-,6-,7-,8+,9+,10+,11+,12+,13+,14+,15-,16+,17+,18-,21?,22+,23-,24-/m0/s1. The third-order valence-corrected chi connectivity index (χ3v) is 8.06. The lowest BCUT2D eigenvalue weighted by molar-refractivity contribution is -0.389. The van der Waals surface area contributed by atoms with Crippen LogP contribution < -0.4 is 0 Å². The largest absolute Gasteiger partial charge is 0.479 e. The van der Waals surface area contributed by atoms with E-state index in [4.69, 9.17) is 33.2 Å². The van der Waals surface area contributed by atoms with E-state index >= 15 is 0 Å². The third kappa shape index (κ3) is 7.09. The van der Waals surface area contributed by atoms with Crippen LogP contribution in [0.2, 0.25) is 0 Å². The lowest BCUT2D eigenvalue weighted by Gasteiger charge is -2.48. The molecule has 20 atom stereocenters. The van der Waals surface area contributed by atoms with Crippen LogP contribution in [0.1, 0.15) is 13.8 Å². The average molecular weight is 663 g/mol. The summed E-state index contributed by atoms with van der Waals surface area (Å²) in [4.78, 5) is 23.6. The van der Waals surface area contributed by atoms with Crippen molar-refractivity contribution in [3.8, 4) is 0 Å². The molecule has 12 N–H and O–H groups in total. The monoisotopic (exact) mass is 662 g/mol. The lowest BCUT2D eigenvalue weighted by Crippen LogP contribution is -2.67. The summed E-state index contributed by atoms with van der Waals surface area (Å²) < 4.78 is 37.2. The Morgan fingerprint density at radius 2 is 0.867 bits per heavy atom. The van der Waals surface area contributed by atoms with Crippen LogP contribution in [0.3, 0.4) is 0 Å². The highest BCUT2D eigenvalue weighted by atomic mass is 16.8. The first-order valence-corrected chi connectivity index (χ1v) is 13.8. The first kappa shape index (κ1) is 36.1. The van der Waals surface area contributed by atoms with Crippen LogP contribution in [0.15, 0.2) is 0 Å². The van der Waals surface area contributed by atoms with Crippen molar-refractivity contribution < 1.29 is 104 Å². The van der Waals surface area contributed by atoms with Crippen molar-refractivity contribution in [2.45, 2.75) is 137 Å². The molecule has 0 aliphatic carbocycles. The van der Waals surface area contributed by atoms with Gasteiger partial charge in [0.15, 0.2) is 37.4 Å². The Morgan fingerprint density at radius 1 is 0.444 bits per heavy atom. The zero-order chi connectivity index (χ0) is 33.7. The van der Waals surface area contributed by atoms with Crippen molar-refractivity contribution in [3.63, 3.8) is 0 Å². The molecule has 0 bridgehead atoms. The van der Waals surface area contributed by atoms with E-state index in [0.29, 0.717) is 0 Å². The topological polar surface area (TPSA) is 342 Å². The van der Waals surface area contributed by atoms with Gasteiger partial charge < -0.3 is 94.4 Å². The van der Waals surface area contributed by atoms with Gasteiger partial charge in [-0.15, -0.1) is 0 Å². The van der Waals surface area contributed by atoms with Crippen LogP contribution in [0, 0.1) is 0 Å². The highest BCUT2D eigenvalue weighted by Gasteiger charge is 2.56. The summed E-state index contributed by atoms with van der Waals surface area (Å²) in [6, 6.07) is 0. The molecule has 4 fully saturated rings. The minimum absolute atomic E-state index is 1.03. The Hall–Kier alpha value is -1.74. The lowest BCUT2D eigenvalue weighted by atomic mass is 9.96. The maximum atomic E-state index is 12.2. The predicted octanol–water partition coefficient (Wildman–Crippen LogP) is -7.51. The molecule has 4 aliphatic rings. The molecule has 0 saturated carbocycles. The van der Waals surface area contributed by atoms with Crippen LogP contribution in [0.4, 0.5) is 0 Å². The van der Waals surface area contributed by atoms with Crippen LogP contribution in [0.5, 0.6) is 0 Å². The van der Waals surface area contributed by atoms with Crippen molar-refractivity contribution in [1.29, 1.82) is 0 Å². The molecule has 21 heteroatoms. The van der Waals surface area contributed by atoms with Gasteiger partial charge >= 0.3 is 11.9 Å². The van der Waals surface area contributed by atoms with Gasteiger partial charge in [-0.05, 0) is 13.8 Å². The van der Waals surface area contributed by atoms with E-state index in [1.165, 1.54) is 13.8 Å². The highest BCUT2D eigenvalue weighted by molar-refractivity contribution is 5.74. The van der Waals surface area contributed by atoms with Gasteiger partial charge in [-0.3, -0.25) is 0 Å². The zero-order valence-corrected chi connectivity index (χ0v) is 23.6. The summed E-state index contributed by atoms with van der Waals surface area (Å²) in [6.07, 6.45) is -38.2. The molecule has 45 heavy (non-hydrogen) atoms. The van der Waals surface area contributed by atoms with E-state index < -0.39 is 135 Å². The Labute approximate surface area is 253 Å². The van der Waals surface area contributed by atoms with E-state index in [9.17, 15) is 70.9 Å². The van der Waals surface area contributed by atoms with Gasteiger partial charge in [-0.1, -0.05) is 0 Å². The van der Waals surface area contributed by atoms with E-state index in [-0.39, 0.29) is 0 Å². The number of carbonyl (C=O) groups is 2. The summed E-state index contributed by atoms with van der Waals surface area (Å²) in [5, 5.41) is 123. The number of aliphatic carboxylic acids is 2. The Bertz CT molecular complexity index is 1030. The number of rotatable bonds is 8. The van der Waals surface area contributed by atoms with Crippen molar-refractivity contribution in [1.82, 2.24) is 0 Å². The van der Waals surface area contributed by atoms with Crippen LogP contribution in [0.25, 0.3) is 0 Å². The molecule has 1 unspecified atom stereocenters. The fourth-order valence-electron chi connectivity index (χ4n) is 5.35. The SMILES string of the molecule is C[C@@H]1O[C@@H](O[C@@H]2[C@H](O)[C@@H](O)[C@@H](O[C@H]3C(O)O[C@@H](C)[C@H](O)[C@H]3O)O[C@@H]2C(=O)O)[C@H](O[C@H]2O[C@H](C(=O)O)[C@H](O)[C@H](O)[C@H]2O)[C@H](O)[C@H]1O. The van der Waals surface area contributed by atoms with Crippen molar-refractivity contribution in [2.75, 3.05) is 0 Å². The maximum absolute atomic E-state index is 12.2. The van der Waals surface area contributed by atoms with Gasteiger partial charge in [0.25, 0.3) is 0 Å². The number of carboxylic acids is 2. The maximum Gasteiger partial charge on any atom is 0.335 e. The van der Waals surface area contributed by atoms with Crippen LogP contribution >= 0.6 is 0 Å². The minimum atomic E-state index is -2.21. The number of hydrogen-bond donors (Lipinski definition) is 12. The Morgan fingerprint density at radius 3 is 1.42 bits per heavy atom. The van der Waals surface area contributed by atoms with Crippen molar-refractivity contribution >= 4 is 11.9 Å². The molecule has 260 valence electrons. The first-order valence-electron chi connectivity index (χ1n) is 13.8. The second-order valence-corrected chi connectivity index (χ2v) is 11.2. The van der Waals surface area contributed by atoms with E-state index in [1.54, 1.807) is 0 Å².